The van der Waals surface area contributed by atoms with Crippen LogP contribution in [0.1, 0.15) is 28.7 Å². The van der Waals surface area contributed by atoms with E-state index in [9.17, 15) is 4.79 Å². The van der Waals surface area contributed by atoms with Gasteiger partial charge in [0.15, 0.2) is 11.5 Å². The maximum absolute atomic E-state index is 12.5. The first-order valence-electron chi connectivity index (χ1n) is 9.88. The zero-order valence-electron chi connectivity index (χ0n) is 17.5. The van der Waals surface area contributed by atoms with Gasteiger partial charge in [-0.2, -0.15) is 10.2 Å². The van der Waals surface area contributed by atoms with E-state index in [1.165, 1.54) is 0 Å². The standard InChI is InChI=1S/C23H23N5O3/c1-4-31-21-10-9-15(11-22(21)30-3)19-12-20(27-26-19)23(29)28-24-13-17-14(2)25-18-8-6-5-7-16(17)18/h5-13,25H,4H2,1-3H3,(H,26,27)(H,28,29)/b24-13-. The molecule has 0 fully saturated rings. The molecule has 4 rings (SSSR count). The number of hydrogen-bond acceptors (Lipinski definition) is 5. The molecule has 8 nitrogen and oxygen atoms in total. The summed E-state index contributed by atoms with van der Waals surface area (Å²) in [6.07, 6.45) is 1.64. The second-order valence-corrected chi connectivity index (χ2v) is 6.87. The van der Waals surface area contributed by atoms with E-state index < -0.39 is 0 Å². The number of amides is 1. The average molecular weight is 417 g/mol. The van der Waals surface area contributed by atoms with Gasteiger partial charge in [-0.15, -0.1) is 0 Å². The Bertz CT molecular complexity index is 1260. The molecular weight excluding hydrogens is 394 g/mol. The van der Waals surface area contributed by atoms with Crippen LogP contribution >= 0.6 is 0 Å². The van der Waals surface area contributed by atoms with Gasteiger partial charge in [0.05, 0.1) is 25.6 Å². The van der Waals surface area contributed by atoms with Crippen LogP contribution in [-0.4, -0.2) is 41.0 Å². The molecule has 0 unspecified atom stereocenters. The highest BCUT2D eigenvalue weighted by atomic mass is 16.5. The van der Waals surface area contributed by atoms with Crippen LogP contribution in [0.3, 0.4) is 0 Å². The maximum atomic E-state index is 12.5. The summed E-state index contributed by atoms with van der Waals surface area (Å²) in [7, 11) is 1.58. The van der Waals surface area contributed by atoms with Crippen LogP contribution in [0, 0.1) is 6.92 Å². The van der Waals surface area contributed by atoms with Crippen molar-refractivity contribution in [1.29, 1.82) is 0 Å². The van der Waals surface area contributed by atoms with Crippen LogP contribution in [0.4, 0.5) is 0 Å². The number of aryl methyl sites for hydroxylation is 1. The van der Waals surface area contributed by atoms with Crippen molar-refractivity contribution in [2.24, 2.45) is 5.10 Å². The van der Waals surface area contributed by atoms with Crippen LogP contribution in [-0.2, 0) is 0 Å². The Morgan fingerprint density at radius 1 is 1.19 bits per heavy atom. The van der Waals surface area contributed by atoms with Gasteiger partial charge in [0.1, 0.15) is 5.69 Å². The fraction of sp³-hybridized carbons (Fsp3) is 0.174. The number of benzene rings is 2. The SMILES string of the molecule is CCOc1ccc(-c2cc(C(=O)N/N=C\c3c(C)[nH]c4ccccc34)[nH]n2)cc1OC. The van der Waals surface area contributed by atoms with Crippen molar-refractivity contribution in [3.63, 3.8) is 0 Å². The molecule has 0 spiro atoms. The predicted molar refractivity (Wildman–Crippen MR) is 120 cm³/mol. The number of carbonyl (C=O) groups excluding carboxylic acids is 1. The molecule has 0 saturated heterocycles. The van der Waals surface area contributed by atoms with Gasteiger partial charge in [-0.3, -0.25) is 9.89 Å². The zero-order valence-corrected chi connectivity index (χ0v) is 17.5. The monoisotopic (exact) mass is 417 g/mol. The number of rotatable bonds is 7. The van der Waals surface area contributed by atoms with Crippen LogP contribution in [0.15, 0.2) is 53.6 Å². The van der Waals surface area contributed by atoms with E-state index in [1.54, 1.807) is 19.4 Å². The van der Waals surface area contributed by atoms with Gasteiger partial charge in [0.25, 0.3) is 5.91 Å². The van der Waals surface area contributed by atoms with E-state index in [1.807, 2.05) is 56.3 Å². The Morgan fingerprint density at radius 3 is 2.84 bits per heavy atom. The Labute approximate surface area is 179 Å². The molecule has 2 heterocycles. The first-order chi connectivity index (χ1) is 15.1. The smallest absolute Gasteiger partial charge is 0.289 e. The maximum Gasteiger partial charge on any atom is 0.289 e. The Balaban J connectivity index is 1.48. The van der Waals surface area contributed by atoms with Crippen LogP contribution < -0.4 is 14.9 Å². The normalized spacial score (nSPS) is 11.2. The van der Waals surface area contributed by atoms with Gasteiger partial charge in [-0.25, -0.2) is 5.43 Å². The number of fused-ring (bicyclic) bond motifs is 1. The number of hydrazone groups is 1. The number of para-hydroxylation sites is 1. The molecule has 0 aliphatic heterocycles. The zero-order chi connectivity index (χ0) is 21.8. The summed E-state index contributed by atoms with van der Waals surface area (Å²) in [5.41, 5.74) is 7.19. The number of nitrogens with zero attached hydrogens (tertiary/aromatic N) is 2. The molecular formula is C23H23N5O3. The quantitative estimate of drug-likeness (QED) is 0.312. The number of H-pyrrole nitrogens is 2. The minimum atomic E-state index is -0.384. The number of nitrogens with one attached hydrogen (secondary N) is 3. The Morgan fingerprint density at radius 2 is 2.03 bits per heavy atom. The molecule has 0 radical (unpaired) electrons. The molecule has 1 amide bonds. The van der Waals surface area contributed by atoms with E-state index in [-0.39, 0.29) is 5.91 Å². The highest BCUT2D eigenvalue weighted by Crippen LogP contribution is 2.32. The largest absolute Gasteiger partial charge is 0.493 e. The van der Waals surface area contributed by atoms with Gasteiger partial charge in [-0.1, -0.05) is 18.2 Å². The summed E-state index contributed by atoms with van der Waals surface area (Å²) < 4.78 is 10.9. The molecule has 0 saturated carbocycles. The minimum Gasteiger partial charge on any atom is -0.493 e. The average Bonchev–Trinajstić information content (AvgIpc) is 3.39. The summed E-state index contributed by atoms with van der Waals surface area (Å²) in [6, 6.07) is 15.1. The second kappa shape index (κ2) is 8.74. The second-order valence-electron chi connectivity index (χ2n) is 6.87. The number of hydrogen-bond donors (Lipinski definition) is 3. The van der Waals surface area contributed by atoms with Crippen molar-refractivity contribution in [1.82, 2.24) is 20.6 Å². The molecule has 2 aromatic heterocycles. The van der Waals surface area contributed by atoms with Crippen LogP contribution in [0.2, 0.25) is 0 Å². The van der Waals surface area contributed by atoms with Gasteiger partial charge < -0.3 is 14.5 Å². The molecule has 0 atom stereocenters. The van der Waals surface area contributed by atoms with Crippen molar-refractivity contribution >= 4 is 23.0 Å². The number of aromatic nitrogens is 3. The molecule has 0 aliphatic rings. The fourth-order valence-electron chi connectivity index (χ4n) is 3.37. The summed E-state index contributed by atoms with van der Waals surface area (Å²) in [6.45, 7) is 4.42. The van der Waals surface area contributed by atoms with Crippen molar-refractivity contribution < 1.29 is 14.3 Å². The van der Waals surface area contributed by atoms with Crippen molar-refractivity contribution in [2.75, 3.05) is 13.7 Å². The lowest BCUT2D eigenvalue weighted by Gasteiger charge is -2.09. The fourth-order valence-corrected chi connectivity index (χ4v) is 3.37. The van der Waals surface area contributed by atoms with Gasteiger partial charge in [0.2, 0.25) is 0 Å². The number of carbonyl (C=O) groups is 1. The summed E-state index contributed by atoms with van der Waals surface area (Å²) >= 11 is 0. The van der Waals surface area contributed by atoms with E-state index in [4.69, 9.17) is 9.47 Å². The molecule has 0 aliphatic carbocycles. The summed E-state index contributed by atoms with van der Waals surface area (Å²) in [5, 5.41) is 12.1. The van der Waals surface area contributed by atoms with Gasteiger partial charge in [0, 0.05) is 27.7 Å². The molecule has 4 aromatic rings. The third-order valence-electron chi connectivity index (χ3n) is 4.88. The third kappa shape index (κ3) is 4.13. The molecule has 158 valence electrons. The highest BCUT2D eigenvalue weighted by molar-refractivity contribution is 6.01. The van der Waals surface area contributed by atoms with Crippen LogP contribution in [0.5, 0.6) is 11.5 Å². The van der Waals surface area contributed by atoms with Crippen molar-refractivity contribution in [2.45, 2.75) is 13.8 Å². The number of ether oxygens (including phenoxy) is 2. The lowest BCUT2D eigenvalue weighted by Crippen LogP contribution is -2.18. The van der Waals surface area contributed by atoms with Crippen molar-refractivity contribution in [3.05, 3.63) is 65.5 Å². The number of aromatic amines is 2. The molecule has 0 bridgehead atoms. The third-order valence-corrected chi connectivity index (χ3v) is 4.88. The molecule has 3 N–H and O–H groups in total. The van der Waals surface area contributed by atoms with E-state index >= 15 is 0 Å². The molecule has 31 heavy (non-hydrogen) atoms. The van der Waals surface area contributed by atoms with E-state index in [2.05, 4.69) is 25.7 Å². The van der Waals surface area contributed by atoms with Gasteiger partial charge >= 0.3 is 0 Å². The summed E-state index contributed by atoms with van der Waals surface area (Å²) in [4.78, 5) is 15.8. The van der Waals surface area contributed by atoms with E-state index in [0.717, 1.165) is 27.7 Å². The van der Waals surface area contributed by atoms with Crippen molar-refractivity contribution in [3.8, 4) is 22.8 Å². The van der Waals surface area contributed by atoms with E-state index in [0.29, 0.717) is 29.5 Å². The minimum absolute atomic E-state index is 0.302. The molecule has 8 heteroatoms. The van der Waals surface area contributed by atoms with Crippen LogP contribution in [0.25, 0.3) is 22.2 Å². The Hall–Kier alpha value is -4.07. The first kappa shape index (κ1) is 20.2. The lowest BCUT2D eigenvalue weighted by atomic mass is 10.1. The summed E-state index contributed by atoms with van der Waals surface area (Å²) in [5.74, 6) is 0.876. The van der Waals surface area contributed by atoms with Gasteiger partial charge in [-0.05, 0) is 44.2 Å². The number of methoxy groups -OCH3 is 1. The highest BCUT2D eigenvalue weighted by Gasteiger charge is 2.13. The first-order valence-corrected chi connectivity index (χ1v) is 9.88. The predicted octanol–water partition coefficient (Wildman–Crippen LogP) is 4.04. The topological polar surface area (TPSA) is 104 Å². The Kier molecular flexibility index (Phi) is 5.70. The molecule has 2 aromatic carbocycles. The lowest BCUT2D eigenvalue weighted by molar-refractivity contribution is 0.0950.